The van der Waals surface area contributed by atoms with Gasteiger partial charge >= 0.3 is 0 Å². The van der Waals surface area contributed by atoms with Crippen molar-refractivity contribution in [2.75, 3.05) is 0 Å². The van der Waals surface area contributed by atoms with Gasteiger partial charge in [-0.1, -0.05) is 121 Å². The molecule has 0 saturated carbocycles. The maximum Gasteiger partial charge on any atom is 0.164 e. The molecule has 0 amide bonds. The summed E-state index contributed by atoms with van der Waals surface area (Å²) in [4.78, 5) is 15.5. The van der Waals surface area contributed by atoms with E-state index in [4.69, 9.17) is 19.4 Å². The molecule has 2 heterocycles. The van der Waals surface area contributed by atoms with Crippen molar-refractivity contribution in [2.24, 2.45) is 0 Å². The minimum absolute atomic E-state index is 0.623. The Morgan fingerprint density at radius 2 is 1.14 bits per heavy atom. The zero-order valence-corrected chi connectivity index (χ0v) is 26.6. The monoisotopic (exact) mass is 627 g/mol. The molecule has 0 N–H and O–H groups in total. The summed E-state index contributed by atoms with van der Waals surface area (Å²) in [5.74, 6) is 1.91. The Kier molecular flexibility index (Phi) is 6.28. The molecule has 1 aliphatic rings. The van der Waals surface area contributed by atoms with Gasteiger partial charge in [0, 0.05) is 27.5 Å². The van der Waals surface area contributed by atoms with Gasteiger partial charge in [-0.2, -0.15) is 0 Å². The Labute approximate surface area is 283 Å². The molecule has 1 aliphatic carbocycles. The molecule has 0 unspecified atom stereocenters. The normalized spacial score (nSPS) is 12.7. The zero-order valence-electron chi connectivity index (χ0n) is 26.6. The second-order valence-electron chi connectivity index (χ2n) is 12.7. The van der Waals surface area contributed by atoms with E-state index in [9.17, 15) is 0 Å². The number of aromatic nitrogens is 3. The van der Waals surface area contributed by atoms with Gasteiger partial charge in [0.25, 0.3) is 0 Å². The SMILES string of the molecule is C1=Cc2ccc(-c3nc(-c4cccc(-c5ccc6ccc7ccccc7c6c5)c4)nc(-c4cccc5oc6ccccc6c45)n3)cc2CC1. The molecule has 2 aromatic heterocycles. The van der Waals surface area contributed by atoms with Crippen LogP contribution in [0.4, 0.5) is 0 Å². The van der Waals surface area contributed by atoms with Crippen LogP contribution in [0.3, 0.4) is 0 Å². The molecule has 230 valence electrons. The molecule has 0 spiro atoms. The number of furan rings is 1. The van der Waals surface area contributed by atoms with Gasteiger partial charge in [-0.15, -0.1) is 0 Å². The molecule has 9 aromatic rings. The standard InChI is InChI=1S/C45H29N3O/c1-2-11-31-25-35(24-19-28(31)9-1)44-46-43(47-45(48-44)38-16-8-18-41-42(38)37-15-5-6-17-40(37)49-41)34-13-7-12-32(26-34)33-23-22-30-21-20-29-10-3-4-14-36(29)39(30)27-33/h1,3-10,12-27H,2,11H2. The molecular weight excluding hydrogens is 599 g/mol. The van der Waals surface area contributed by atoms with E-state index in [0.29, 0.717) is 17.5 Å². The van der Waals surface area contributed by atoms with Crippen molar-refractivity contribution in [3.63, 3.8) is 0 Å². The van der Waals surface area contributed by atoms with Gasteiger partial charge in [-0.05, 0) is 87.0 Å². The number of aryl methyl sites for hydroxylation is 1. The van der Waals surface area contributed by atoms with Crippen LogP contribution in [-0.4, -0.2) is 15.0 Å². The molecule has 0 radical (unpaired) electrons. The maximum atomic E-state index is 6.25. The van der Waals surface area contributed by atoms with Gasteiger partial charge in [-0.25, -0.2) is 15.0 Å². The van der Waals surface area contributed by atoms with Gasteiger partial charge in [0.05, 0.1) is 0 Å². The van der Waals surface area contributed by atoms with Crippen LogP contribution in [-0.2, 0) is 6.42 Å². The summed E-state index contributed by atoms with van der Waals surface area (Å²) in [7, 11) is 0. The van der Waals surface area contributed by atoms with Crippen LogP contribution in [0.25, 0.3) is 94.8 Å². The number of nitrogens with zero attached hydrogens (tertiary/aromatic N) is 3. The highest BCUT2D eigenvalue weighted by Gasteiger charge is 2.19. The zero-order chi connectivity index (χ0) is 32.3. The molecule has 0 bridgehead atoms. The van der Waals surface area contributed by atoms with Crippen LogP contribution in [0.1, 0.15) is 17.5 Å². The molecule has 4 heteroatoms. The lowest BCUT2D eigenvalue weighted by Gasteiger charge is -2.13. The highest BCUT2D eigenvalue weighted by atomic mass is 16.3. The fraction of sp³-hybridized carbons (Fsp3) is 0.0444. The fourth-order valence-electron chi connectivity index (χ4n) is 7.31. The lowest BCUT2D eigenvalue weighted by Crippen LogP contribution is -2.02. The quantitative estimate of drug-likeness (QED) is 0.182. The summed E-state index contributed by atoms with van der Waals surface area (Å²) in [6.45, 7) is 0. The van der Waals surface area contributed by atoms with Crippen molar-refractivity contribution >= 4 is 49.6 Å². The Morgan fingerprint density at radius 1 is 0.469 bits per heavy atom. The second kappa shape index (κ2) is 11.1. The number of hydrogen-bond acceptors (Lipinski definition) is 4. The summed E-state index contributed by atoms with van der Waals surface area (Å²) in [6.07, 6.45) is 6.49. The van der Waals surface area contributed by atoms with Gasteiger partial charge < -0.3 is 4.42 Å². The predicted octanol–water partition coefficient (Wildman–Crippen LogP) is 11.7. The third-order valence-electron chi connectivity index (χ3n) is 9.76. The summed E-state index contributed by atoms with van der Waals surface area (Å²) < 4.78 is 6.25. The van der Waals surface area contributed by atoms with E-state index in [2.05, 4.69) is 121 Å². The topological polar surface area (TPSA) is 51.8 Å². The maximum absolute atomic E-state index is 6.25. The van der Waals surface area contributed by atoms with Gasteiger partial charge in [0.15, 0.2) is 17.5 Å². The molecule has 10 rings (SSSR count). The Balaban J connectivity index is 1.16. The van der Waals surface area contributed by atoms with Crippen LogP contribution in [0.15, 0.2) is 150 Å². The van der Waals surface area contributed by atoms with E-state index < -0.39 is 0 Å². The molecule has 0 aliphatic heterocycles. The molecule has 4 nitrogen and oxygen atoms in total. The lowest BCUT2D eigenvalue weighted by molar-refractivity contribution is 0.669. The van der Waals surface area contributed by atoms with Gasteiger partial charge in [0.1, 0.15) is 11.2 Å². The van der Waals surface area contributed by atoms with Gasteiger partial charge in [0.2, 0.25) is 0 Å². The third kappa shape index (κ3) is 4.72. The Morgan fingerprint density at radius 3 is 2.06 bits per heavy atom. The van der Waals surface area contributed by atoms with Crippen molar-refractivity contribution < 1.29 is 4.42 Å². The molecule has 0 atom stereocenters. The van der Waals surface area contributed by atoms with Crippen molar-refractivity contribution in [2.45, 2.75) is 12.8 Å². The Hall–Kier alpha value is -6.39. The van der Waals surface area contributed by atoms with E-state index in [1.54, 1.807) is 0 Å². The first kappa shape index (κ1) is 27.7. The average Bonchev–Trinajstić information content (AvgIpc) is 3.56. The molecule has 0 saturated heterocycles. The molecule has 49 heavy (non-hydrogen) atoms. The first-order valence-corrected chi connectivity index (χ1v) is 16.7. The Bertz CT molecular complexity index is 2790. The summed E-state index contributed by atoms with van der Waals surface area (Å²) in [6, 6.07) is 49.0. The smallest absolute Gasteiger partial charge is 0.164 e. The van der Waals surface area contributed by atoms with Gasteiger partial charge in [-0.3, -0.25) is 0 Å². The van der Waals surface area contributed by atoms with Crippen LogP contribution >= 0.6 is 0 Å². The largest absolute Gasteiger partial charge is 0.456 e. The number of fused-ring (bicyclic) bond motifs is 7. The summed E-state index contributed by atoms with van der Waals surface area (Å²) in [5.41, 5.74) is 9.34. The minimum Gasteiger partial charge on any atom is -0.456 e. The van der Waals surface area contributed by atoms with Crippen LogP contribution < -0.4 is 0 Å². The number of benzene rings is 7. The minimum atomic E-state index is 0.623. The molecule has 7 aromatic carbocycles. The summed E-state index contributed by atoms with van der Waals surface area (Å²) >= 11 is 0. The van der Waals surface area contributed by atoms with E-state index in [0.717, 1.165) is 62.6 Å². The van der Waals surface area contributed by atoms with Crippen LogP contribution in [0.2, 0.25) is 0 Å². The number of hydrogen-bond donors (Lipinski definition) is 0. The van der Waals surface area contributed by atoms with E-state index in [1.807, 2.05) is 30.3 Å². The average molecular weight is 628 g/mol. The summed E-state index contributed by atoms with van der Waals surface area (Å²) in [5, 5.41) is 7.02. The number of para-hydroxylation sites is 1. The highest BCUT2D eigenvalue weighted by molar-refractivity contribution is 6.12. The van der Waals surface area contributed by atoms with Crippen molar-refractivity contribution in [3.8, 4) is 45.3 Å². The fourth-order valence-corrected chi connectivity index (χ4v) is 7.31. The van der Waals surface area contributed by atoms with Crippen LogP contribution in [0.5, 0.6) is 0 Å². The first-order chi connectivity index (χ1) is 24.2. The number of allylic oxidation sites excluding steroid dienone is 1. The van der Waals surface area contributed by atoms with E-state index >= 15 is 0 Å². The van der Waals surface area contributed by atoms with Crippen molar-refractivity contribution in [1.29, 1.82) is 0 Å². The predicted molar refractivity (Wildman–Crippen MR) is 201 cm³/mol. The molecule has 0 fully saturated rings. The third-order valence-corrected chi connectivity index (χ3v) is 9.76. The number of rotatable bonds is 4. The first-order valence-electron chi connectivity index (χ1n) is 16.7. The van der Waals surface area contributed by atoms with Crippen molar-refractivity contribution in [1.82, 2.24) is 15.0 Å². The van der Waals surface area contributed by atoms with Crippen molar-refractivity contribution in [3.05, 3.63) is 157 Å². The van der Waals surface area contributed by atoms with E-state index in [1.165, 1.54) is 32.7 Å². The lowest BCUT2D eigenvalue weighted by atomic mass is 9.95. The van der Waals surface area contributed by atoms with E-state index in [-0.39, 0.29) is 0 Å². The second-order valence-corrected chi connectivity index (χ2v) is 12.7. The highest BCUT2D eigenvalue weighted by Crippen LogP contribution is 2.37. The molecular formula is C45H29N3O. The van der Waals surface area contributed by atoms with Crippen LogP contribution in [0, 0.1) is 0 Å².